The van der Waals surface area contributed by atoms with Gasteiger partial charge >= 0.3 is 0 Å². The molecule has 1 aromatic heterocycles. The smallest absolute Gasteiger partial charge is 0.138 e. The lowest BCUT2D eigenvalue weighted by atomic mass is 10.0. The van der Waals surface area contributed by atoms with Gasteiger partial charge in [-0.3, -0.25) is 10.00 Å². The van der Waals surface area contributed by atoms with Gasteiger partial charge in [-0.05, 0) is 39.8 Å². The van der Waals surface area contributed by atoms with Crippen molar-refractivity contribution in [3.05, 3.63) is 23.8 Å². The molecule has 0 saturated carbocycles. The van der Waals surface area contributed by atoms with Crippen LogP contribution in [0.4, 0.5) is 0 Å². The van der Waals surface area contributed by atoms with E-state index in [0.29, 0.717) is 6.04 Å². The first-order valence-corrected chi connectivity index (χ1v) is 6.67. The molecule has 0 spiro atoms. The zero-order chi connectivity index (χ0) is 12.8. The number of allylic oxidation sites excluding steroid dienone is 1. The Kier molecular flexibility index (Phi) is 4.90. The van der Waals surface area contributed by atoms with E-state index in [2.05, 4.69) is 45.3 Å². The third-order valence-electron chi connectivity index (χ3n) is 3.37. The van der Waals surface area contributed by atoms with E-state index in [0.717, 1.165) is 18.9 Å². The number of hydrogen-bond donors (Lipinski definition) is 2. The molecule has 18 heavy (non-hydrogen) atoms. The molecule has 1 saturated heterocycles. The highest BCUT2D eigenvalue weighted by Crippen LogP contribution is 2.10. The molecule has 0 aliphatic carbocycles. The highest BCUT2D eigenvalue weighted by molar-refractivity contribution is 4.95. The minimum atomic E-state index is 0.609. The summed E-state index contributed by atoms with van der Waals surface area (Å²) in [4.78, 5) is 6.63. The van der Waals surface area contributed by atoms with Crippen molar-refractivity contribution in [2.45, 2.75) is 39.3 Å². The molecular weight excluding hydrogens is 226 g/mol. The van der Waals surface area contributed by atoms with Crippen LogP contribution >= 0.6 is 0 Å². The van der Waals surface area contributed by atoms with Gasteiger partial charge in [-0.15, -0.1) is 0 Å². The number of nitrogens with zero attached hydrogens (tertiary/aromatic N) is 3. The van der Waals surface area contributed by atoms with E-state index >= 15 is 0 Å². The summed E-state index contributed by atoms with van der Waals surface area (Å²) in [6, 6.07) is 0.609. The van der Waals surface area contributed by atoms with Crippen molar-refractivity contribution in [1.29, 1.82) is 0 Å². The lowest BCUT2D eigenvalue weighted by Crippen LogP contribution is -2.42. The highest BCUT2D eigenvalue weighted by Gasteiger charge is 2.17. The molecule has 1 aliphatic rings. The van der Waals surface area contributed by atoms with Crippen LogP contribution in [0.3, 0.4) is 0 Å². The van der Waals surface area contributed by atoms with Crippen LogP contribution in [-0.2, 0) is 6.54 Å². The summed E-state index contributed by atoms with van der Waals surface area (Å²) >= 11 is 0. The number of aromatic amines is 1. The van der Waals surface area contributed by atoms with Gasteiger partial charge in [0.25, 0.3) is 0 Å². The molecule has 0 aromatic carbocycles. The SMILES string of the molecule is CC(C)=CCN1CCC(NCc2ncn[nH]2)CC1. The molecule has 1 fully saturated rings. The zero-order valence-electron chi connectivity index (χ0n) is 11.3. The van der Waals surface area contributed by atoms with Gasteiger partial charge in [-0.2, -0.15) is 5.10 Å². The highest BCUT2D eigenvalue weighted by atomic mass is 15.2. The topological polar surface area (TPSA) is 56.8 Å². The van der Waals surface area contributed by atoms with E-state index in [1.165, 1.54) is 31.5 Å². The van der Waals surface area contributed by atoms with Crippen LogP contribution in [0.25, 0.3) is 0 Å². The Morgan fingerprint density at radius 1 is 1.50 bits per heavy atom. The normalized spacial score (nSPS) is 17.9. The first-order valence-electron chi connectivity index (χ1n) is 6.67. The molecule has 0 bridgehead atoms. The van der Waals surface area contributed by atoms with E-state index in [1.54, 1.807) is 6.33 Å². The van der Waals surface area contributed by atoms with Crippen LogP contribution in [0.1, 0.15) is 32.5 Å². The number of rotatable bonds is 5. The third kappa shape index (κ3) is 4.23. The molecule has 5 nitrogen and oxygen atoms in total. The van der Waals surface area contributed by atoms with Crippen molar-refractivity contribution >= 4 is 0 Å². The van der Waals surface area contributed by atoms with Crippen LogP contribution in [0.15, 0.2) is 18.0 Å². The van der Waals surface area contributed by atoms with Gasteiger partial charge in [0.2, 0.25) is 0 Å². The maximum absolute atomic E-state index is 4.12. The van der Waals surface area contributed by atoms with Gasteiger partial charge in [-0.25, -0.2) is 4.98 Å². The molecule has 1 aliphatic heterocycles. The maximum Gasteiger partial charge on any atom is 0.138 e. The molecule has 0 amide bonds. The van der Waals surface area contributed by atoms with Crippen LogP contribution in [0.5, 0.6) is 0 Å². The number of hydrogen-bond acceptors (Lipinski definition) is 4. The Morgan fingerprint density at radius 3 is 2.89 bits per heavy atom. The summed E-state index contributed by atoms with van der Waals surface area (Å²) in [5.74, 6) is 0.918. The number of H-pyrrole nitrogens is 1. The second-order valence-electron chi connectivity index (χ2n) is 5.17. The Morgan fingerprint density at radius 2 is 2.28 bits per heavy atom. The summed E-state index contributed by atoms with van der Waals surface area (Å²) in [6.45, 7) is 8.56. The van der Waals surface area contributed by atoms with Crippen molar-refractivity contribution in [2.24, 2.45) is 0 Å². The molecule has 5 heteroatoms. The molecule has 100 valence electrons. The predicted octanol–water partition coefficient (Wildman–Crippen LogP) is 1.32. The number of nitrogens with one attached hydrogen (secondary N) is 2. The van der Waals surface area contributed by atoms with Crippen molar-refractivity contribution in [1.82, 2.24) is 25.4 Å². The van der Waals surface area contributed by atoms with Crippen molar-refractivity contribution in [3.8, 4) is 0 Å². The van der Waals surface area contributed by atoms with Gasteiger partial charge in [0.1, 0.15) is 12.2 Å². The number of aromatic nitrogens is 3. The first kappa shape index (κ1) is 13.2. The second-order valence-corrected chi connectivity index (χ2v) is 5.17. The quantitative estimate of drug-likeness (QED) is 0.773. The molecule has 2 heterocycles. The van der Waals surface area contributed by atoms with Gasteiger partial charge in [-0.1, -0.05) is 11.6 Å². The summed E-state index contributed by atoms with van der Waals surface area (Å²) in [5, 5.41) is 10.3. The van der Waals surface area contributed by atoms with Crippen molar-refractivity contribution in [3.63, 3.8) is 0 Å². The van der Waals surface area contributed by atoms with Crippen LogP contribution in [0, 0.1) is 0 Å². The van der Waals surface area contributed by atoms with E-state index in [9.17, 15) is 0 Å². The van der Waals surface area contributed by atoms with Crippen molar-refractivity contribution < 1.29 is 0 Å². The summed E-state index contributed by atoms with van der Waals surface area (Å²) in [5.41, 5.74) is 1.40. The summed E-state index contributed by atoms with van der Waals surface area (Å²) < 4.78 is 0. The average Bonchev–Trinajstić information content (AvgIpc) is 2.88. The molecule has 0 radical (unpaired) electrons. The standard InChI is InChI=1S/C13H23N5/c1-11(2)3-6-18-7-4-12(5-8-18)14-9-13-15-10-16-17-13/h3,10,12,14H,4-9H2,1-2H3,(H,15,16,17). The maximum atomic E-state index is 4.12. The molecule has 1 aromatic rings. The van der Waals surface area contributed by atoms with E-state index in [1.807, 2.05) is 0 Å². The lowest BCUT2D eigenvalue weighted by Gasteiger charge is -2.31. The fourth-order valence-electron chi connectivity index (χ4n) is 2.19. The molecule has 0 atom stereocenters. The van der Waals surface area contributed by atoms with Crippen LogP contribution in [-0.4, -0.2) is 45.8 Å². The van der Waals surface area contributed by atoms with Gasteiger partial charge < -0.3 is 5.32 Å². The molecule has 2 N–H and O–H groups in total. The number of piperidine rings is 1. The Balaban J connectivity index is 1.65. The van der Waals surface area contributed by atoms with Gasteiger partial charge in [0, 0.05) is 12.6 Å². The fourth-order valence-corrected chi connectivity index (χ4v) is 2.19. The van der Waals surface area contributed by atoms with E-state index < -0.39 is 0 Å². The monoisotopic (exact) mass is 249 g/mol. The number of likely N-dealkylation sites (tertiary alicyclic amines) is 1. The van der Waals surface area contributed by atoms with E-state index in [4.69, 9.17) is 0 Å². The largest absolute Gasteiger partial charge is 0.307 e. The molecule has 2 rings (SSSR count). The molecule has 0 unspecified atom stereocenters. The summed E-state index contributed by atoms with van der Waals surface area (Å²) in [6.07, 6.45) is 6.29. The predicted molar refractivity (Wildman–Crippen MR) is 72.1 cm³/mol. The minimum absolute atomic E-state index is 0.609. The minimum Gasteiger partial charge on any atom is -0.307 e. The lowest BCUT2D eigenvalue weighted by molar-refractivity contribution is 0.214. The molecular formula is C13H23N5. The van der Waals surface area contributed by atoms with Crippen molar-refractivity contribution in [2.75, 3.05) is 19.6 Å². The first-order chi connectivity index (χ1) is 8.74. The van der Waals surface area contributed by atoms with E-state index in [-0.39, 0.29) is 0 Å². The zero-order valence-corrected chi connectivity index (χ0v) is 11.3. The Labute approximate surface area is 109 Å². The summed E-state index contributed by atoms with van der Waals surface area (Å²) in [7, 11) is 0. The van der Waals surface area contributed by atoms with Crippen LogP contribution < -0.4 is 5.32 Å². The third-order valence-corrected chi connectivity index (χ3v) is 3.37. The Hall–Kier alpha value is -1.20. The second kappa shape index (κ2) is 6.66. The van der Waals surface area contributed by atoms with Gasteiger partial charge in [0.15, 0.2) is 0 Å². The van der Waals surface area contributed by atoms with Gasteiger partial charge in [0.05, 0.1) is 6.54 Å². The average molecular weight is 249 g/mol. The fraction of sp³-hybridized carbons (Fsp3) is 0.692. The van der Waals surface area contributed by atoms with Crippen LogP contribution in [0.2, 0.25) is 0 Å². The Bertz CT molecular complexity index is 359.